The number of carbonyl (C=O) groups excluding carboxylic acids is 2. The smallest absolute Gasteiger partial charge is 0.293 e. The Morgan fingerprint density at radius 2 is 1.50 bits per heavy atom. The van der Waals surface area contributed by atoms with Crippen molar-refractivity contribution in [1.82, 2.24) is 0 Å². The van der Waals surface area contributed by atoms with Gasteiger partial charge in [-0.15, -0.1) is 0 Å². The topological polar surface area (TPSA) is 99.0 Å². The Balaban J connectivity index is 1.58. The minimum atomic E-state index is -0.873. The van der Waals surface area contributed by atoms with Crippen LogP contribution >= 0.6 is 0 Å². The van der Waals surface area contributed by atoms with Gasteiger partial charge in [-0.3, -0.25) is 9.59 Å². The standard InChI is InChI=1S/C26H24N2O6/c1-16(33-22-11-7-6-10-21(22)32-3)25(29)28-23-19-8-4-5-9-20(19)34-24(23)26(30)27-17-12-14-18(31-2)15-13-17/h4-16H,1-3H3,(H,27,30)(H,28,29). The van der Waals surface area contributed by atoms with Crippen LogP contribution < -0.4 is 24.8 Å². The van der Waals surface area contributed by atoms with Crippen LogP contribution in [0.5, 0.6) is 17.2 Å². The highest BCUT2D eigenvalue weighted by atomic mass is 16.5. The summed E-state index contributed by atoms with van der Waals surface area (Å²) in [5.74, 6) is 0.636. The highest BCUT2D eigenvalue weighted by Crippen LogP contribution is 2.32. The maximum Gasteiger partial charge on any atom is 0.293 e. The molecule has 3 aromatic carbocycles. The van der Waals surface area contributed by atoms with Crippen molar-refractivity contribution in [2.75, 3.05) is 24.9 Å². The summed E-state index contributed by atoms with van der Waals surface area (Å²) in [7, 11) is 3.09. The molecule has 1 atom stereocenters. The van der Waals surface area contributed by atoms with Gasteiger partial charge in [0.15, 0.2) is 17.6 Å². The molecule has 8 nitrogen and oxygen atoms in total. The highest BCUT2D eigenvalue weighted by molar-refractivity contribution is 6.15. The van der Waals surface area contributed by atoms with E-state index in [1.807, 2.05) is 6.07 Å². The van der Waals surface area contributed by atoms with E-state index < -0.39 is 17.9 Å². The summed E-state index contributed by atoms with van der Waals surface area (Å²) in [6.07, 6.45) is -0.873. The third-order valence-electron chi connectivity index (χ3n) is 5.14. The summed E-state index contributed by atoms with van der Waals surface area (Å²) >= 11 is 0. The van der Waals surface area contributed by atoms with E-state index in [-0.39, 0.29) is 11.4 Å². The minimum absolute atomic E-state index is 0.0186. The van der Waals surface area contributed by atoms with Gasteiger partial charge >= 0.3 is 0 Å². The molecule has 8 heteroatoms. The number of ether oxygens (including phenoxy) is 3. The zero-order valence-corrected chi connectivity index (χ0v) is 19.0. The van der Waals surface area contributed by atoms with Gasteiger partial charge in [0.05, 0.1) is 14.2 Å². The summed E-state index contributed by atoms with van der Waals surface area (Å²) in [5.41, 5.74) is 1.29. The van der Waals surface area contributed by atoms with Crippen molar-refractivity contribution in [3.8, 4) is 17.2 Å². The molecule has 4 aromatic rings. The summed E-state index contributed by atoms with van der Waals surface area (Å²) in [5, 5.41) is 6.18. The normalized spacial score (nSPS) is 11.5. The zero-order chi connectivity index (χ0) is 24.1. The predicted molar refractivity (Wildman–Crippen MR) is 129 cm³/mol. The van der Waals surface area contributed by atoms with Crippen LogP contribution in [0.2, 0.25) is 0 Å². The minimum Gasteiger partial charge on any atom is -0.497 e. The van der Waals surface area contributed by atoms with Crippen LogP contribution in [0.15, 0.2) is 77.2 Å². The number of hydrogen-bond acceptors (Lipinski definition) is 6. The molecule has 2 N–H and O–H groups in total. The van der Waals surface area contributed by atoms with Gasteiger partial charge in [0.1, 0.15) is 17.0 Å². The average molecular weight is 460 g/mol. The van der Waals surface area contributed by atoms with Crippen molar-refractivity contribution in [2.45, 2.75) is 13.0 Å². The van der Waals surface area contributed by atoms with E-state index >= 15 is 0 Å². The van der Waals surface area contributed by atoms with E-state index in [9.17, 15) is 9.59 Å². The first kappa shape index (κ1) is 22.7. The Bertz CT molecular complexity index is 1310. The molecule has 0 aliphatic carbocycles. The third kappa shape index (κ3) is 4.80. The second kappa shape index (κ2) is 9.99. The molecule has 0 radical (unpaired) electrons. The lowest BCUT2D eigenvalue weighted by Gasteiger charge is -2.16. The number of methoxy groups -OCH3 is 2. The molecule has 0 aliphatic rings. The number of amides is 2. The number of nitrogens with one attached hydrogen (secondary N) is 2. The van der Waals surface area contributed by atoms with Crippen molar-refractivity contribution < 1.29 is 28.2 Å². The second-order valence-electron chi connectivity index (χ2n) is 7.39. The van der Waals surface area contributed by atoms with Crippen LogP contribution in [0.1, 0.15) is 17.5 Å². The molecule has 1 heterocycles. The molecule has 2 amide bonds. The molecule has 0 fully saturated rings. The number of carbonyl (C=O) groups is 2. The monoisotopic (exact) mass is 460 g/mol. The van der Waals surface area contributed by atoms with Crippen molar-refractivity contribution in [3.63, 3.8) is 0 Å². The van der Waals surface area contributed by atoms with Crippen LogP contribution in [0.3, 0.4) is 0 Å². The Labute approximate surface area is 196 Å². The molecule has 0 saturated heterocycles. The van der Waals surface area contributed by atoms with E-state index in [1.165, 1.54) is 7.11 Å². The van der Waals surface area contributed by atoms with Crippen LogP contribution in [0, 0.1) is 0 Å². The second-order valence-corrected chi connectivity index (χ2v) is 7.39. The lowest BCUT2D eigenvalue weighted by Crippen LogP contribution is -2.31. The maximum atomic E-state index is 13.0. The number of benzene rings is 3. The molecule has 34 heavy (non-hydrogen) atoms. The van der Waals surface area contributed by atoms with E-state index in [4.69, 9.17) is 18.6 Å². The fourth-order valence-electron chi connectivity index (χ4n) is 3.38. The Morgan fingerprint density at radius 1 is 0.824 bits per heavy atom. The number of anilines is 2. The van der Waals surface area contributed by atoms with E-state index in [0.717, 1.165) is 0 Å². The largest absolute Gasteiger partial charge is 0.497 e. The van der Waals surface area contributed by atoms with Crippen LogP contribution in [-0.2, 0) is 4.79 Å². The summed E-state index contributed by atoms with van der Waals surface area (Å²) in [4.78, 5) is 26.0. The fraction of sp³-hybridized carbons (Fsp3) is 0.154. The van der Waals surface area contributed by atoms with Crippen LogP contribution in [-0.4, -0.2) is 32.1 Å². The first-order valence-corrected chi connectivity index (χ1v) is 10.6. The number of fused-ring (bicyclic) bond motifs is 1. The Kier molecular flexibility index (Phi) is 6.68. The SMILES string of the molecule is COc1ccc(NC(=O)c2oc3ccccc3c2NC(=O)C(C)Oc2ccccc2OC)cc1. The van der Waals surface area contributed by atoms with Crippen molar-refractivity contribution >= 4 is 34.2 Å². The summed E-state index contributed by atoms with van der Waals surface area (Å²) in [6, 6.07) is 21.0. The van der Waals surface area contributed by atoms with E-state index in [1.54, 1.807) is 80.8 Å². The lowest BCUT2D eigenvalue weighted by atomic mass is 10.2. The quantitative estimate of drug-likeness (QED) is 0.379. The highest BCUT2D eigenvalue weighted by Gasteiger charge is 2.25. The zero-order valence-electron chi connectivity index (χ0n) is 19.0. The predicted octanol–water partition coefficient (Wildman–Crippen LogP) is 5.11. The van der Waals surface area contributed by atoms with Gasteiger partial charge in [0.25, 0.3) is 11.8 Å². The van der Waals surface area contributed by atoms with Gasteiger partial charge in [0, 0.05) is 11.1 Å². The molecule has 1 aromatic heterocycles. The van der Waals surface area contributed by atoms with Gasteiger partial charge in [0.2, 0.25) is 5.76 Å². The summed E-state index contributed by atoms with van der Waals surface area (Å²) < 4.78 is 22.0. The Morgan fingerprint density at radius 3 is 2.21 bits per heavy atom. The first-order valence-electron chi connectivity index (χ1n) is 10.6. The van der Waals surface area contributed by atoms with Gasteiger partial charge in [-0.2, -0.15) is 0 Å². The fourth-order valence-corrected chi connectivity index (χ4v) is 3.38. The molecule has 0 bridgehead atoms. The Hall–Kier alpha value is -4.46. The van der Waals surface area contributed by atoms with Crippen molar-refractivity contribution in [3.05, 3.63) is 78.6 Å². The van der Waals surface area contributed by atoms with E-state index in [2.05, 4.69) is 10.6 Å². The molecule has 174 valence electrons. The van der Waals surface area contributed by atoms with Gasteiger partial charge < -0.3 is 29.3 Å². The van der Waals surface area contributed by atoms with Gasteiger partial charge in [-0.25, -0.2) is 0 Å². The first-order chi connectivity index (χ1) is 16.5. The third-order valence-corrected chi connectivity index (χ3v) is 5.14. The number of hydrogen-bond donors (Lipinski definition) is 2. The molecular weight excluding hydrogens is 436 g/mol. The lowest BCUT2D eigenvalue weighted by molar-refractivity contribution is -0.122. The molecule has 0 saturated carbocycles. The van der Waals surface area contributed by atoms with Crippen LogP contribution in [0.4, 0.5) is 11.4 Å². The van der Waals surface area contributed by atoms with E-state index in [0.29, 0.717) is 33.9 Å². The molecule has 0 spiro atoms. The number of rotatable bonds is 8. The molecule has 4 rings (SSSR count). The molecular formula is C26H24N2O6. The molecule has 0 aliphatic heterocycles. The molecule has 1 unspecified atom stereocenters. The average Bonchev–Trinajstić information content (AvgIpc) is 3.23. The van der Waals surface area contributed by atoms with Gasteiger partial charge in [-0.05, 0) is 55.5 Å². The number of para-hydroxylation sites is 3. The summed E-state index contributed by atoms with van der Waals surface area (Å²) in [6.45, 7) is 1.61. The number of furan rings is 1. The van der Waals surface area contributed by atoms with Crippen molar-refractivity contribution in [1.29, 1.82) is 0 Å². The van der Waals surface area contributed by atoms with Crippen molar-refractivity contribution in [2.24, 2.45) is 0 Å². The maximum absolute atomic E-state index is 13.0. The van der Waals surface area contributed by atoms with Gasteiger partial charge in [-0.1, -0.05) is 24.3 Å². The van der Waals surface area contributed by atoms with Crippen LogP contribution in [0.25, 0.3) is 11.0 Å².